The standard InChI is InChI=1S/C19H28N4O.2ClH/c1-22(2)10-11-23-9-8-14-6-7-17(13-18(14)23)21-19(24)15-4-3-5-16(20)12-15;;/h6-9,13,15-16H,3-5,10-12,20H2,1-2H3,(H,21,24);2*1H. The Kier molecular flexibility index (Phi) is 8.90. The van der Waals surface area contributed by atoms with Crippen molar-refractivity contribution in [3.8, 4) is 0 Å². The summed E-state index contributed by atoms with van der Waals surface area (Å²) in [7, 11) is 4.15. The molecule has 3 N–H and O–H groups in total. The molecule has 0 saturated heterocycles. The molecule has 1 aliphatic rings. The number of anilines is 1. The minimum Gasteiger partial charge on any atom is -0.346 e. The molecule has 1 fully saturated rings. The van der Waals surface area contributed by atoms with Gasteiger partial charge >= 0.3 is 0 Å². The van der Waals surface area contributed by atoms with E-state index in [1.807, 2.05) is 6.07 Å². The lowest BCUT2D eigenvalue weighted by Crippen LogP contribution is -2.34. The van der Waals surface area contributed by atoms with Gasteiger partial charge in [-0.05, 0) is 56.9 Å². The third-order valence-electron chi connectivity index (χ3n) is 4.92. The maximum Gasteiger partial charge on any atom is 0.227 e. The highest BCUT2D eigenvalue weighted by molar-refractivity contribution is 5.95. The van der Waals surface area contributed by atoms with Crippen LogP contribution in [0.3, 0.4) is 0 Å². The maximum atomic E-state index is 12.5. The number of amides is 1. The van der Waals surface area contributed by atoms with E-state index >= 15 is 0 Å². The predicted octanol–water partition coefficient (Wildman–Crippen LogP) is 3.50. The lowest BCUT2D eigenvalue weighted by atomic mass is 9.85. The minimum absolute atomic E-state index is 0. The second-order valence-corrected chi connectivity index (χ2v) is 7.20. The van der Waals surface area contributed by atoms with Crippen molar-refractivity contribution in [1.29, 1.82) is 0 Å². The molecule has 7 heteroatoms. The van der Waals surface area contributed by atoms with Crippen LogP contribution in [0.2, 0.25) is 0 Å². The SMILES string of the molecule is CN(C)CCn1ccc2ccc(NC(=O)C3CCCC(N)C3)cc21.Cl.Cl. The lowest BCUT2D eigenvalue weighted by Gasteiger charge is -2.25. The van der Waals surface area contributed by atoms with Gasteiger partial charge in [-0.2, -0.15) is 0 Å². The molecule has 1 heterocycles. The quantitative estimate of drug-likeness (QED) is 0.806. The van der Waals surface area contributed by atoms with Crippen LogP contribution < -0.4 is 11.1 Å². The summed E-state index contributed by atoms with van der Waals surface area (Å²) in [6.07, 6.45) is 5.94. The zero-order valence-electron chi connectivity index (χ0n) is 15.5. The fourth-order valence-corrected chi connectivity index (χ4v) is 3.47. The Hall–Kier alpha value is -1.27. The number of nitrogens with zero attached hydrogens (tertiary/aromatic N) is 2. The molecule has 0 bridgehead atoms. The van der Waals surface area contributed by atoms with Gasteiger partial charge < -0.3 is 20.5 Å². The number of aromatic nitrogens is 1. The number of rotatable bonds is 5. The number of nitrogens with one attached hydrogen (secondary N) is 1. The Balaban J connectivity index is 0.00000169. The zero-order chi connectivity index (χ0) is 17.1. The molecule has 2 atom stereocenters. The summed E-state index contributed by atoms with van der Waals surface area (Å²) in [5.74, 6) is 0.154. The van der Waals surface area contributed by atoms with E-state index in [2.05, 4.69) is 53.3 Å². The van der Waals surface area contributed by atoms with Gasteiger partial charge in [-0.1, -0.05) is 12.5 Å². The molecule has 2 aromatic rings. The van der Waals surface area contributed by atoms with Crippen LogP contribution in [0.5, 0.6) is 0 Å². The van der Waals surface area contributed by atoms with E-state index in [0.29, 0.717) is 0 Å². The second-order valence-electron chi connectivity index (χ2n) is 7.20. The summed E-state index contributed by atoms with van der Waals surface area (Å²) >= 11 is 0. The molecule has 0 spiro atoms. The van der Waals surface area contributed by atoms with Gasteiger partial charge in [0.15, 0.2) is 0 Å². The molecule has 1 aromatic heterocycles. The Labute approximate surface area is 168 Å². The first-order valence-electron chi connectivity index (χ1n) is 8.83. The van der Waals surface area contributed by atoms with Crippen LogP contribution in [0.25, 0.3) is 10.9 Å². The van der Waals surface area contributed by atoms with Gasteiger partial charge in [0.25, 0.3) is 0 Å². The van der Waals surface area contributed by atoms with E-state index in [0.717, 1.165) is 50.0 Å². The maximum absolute atomic E-state index is 12.5. The number of carbonyl (C=O) groups is 1. The van der Waals surface area contributed by atoms with Gasteiger partial charge in [0.1, 0.15) is 0 Å². The lowest BCUT2D eigenvalue weighted by molar-refractivity contribution is -0.120. The Morgan fingerprint density at radius 1 is 1.27 bits per heavy atom. The van der Waals surface area contributed by atoms with Crippen LogP contribution >= 0.6 is 24.8 Å². The van der Waals surface area contributed by atoms with Crippen molar-refractivity contribution >= 4 is 47.3 Å². The number of likely N-dealkylation sites (N-methyl/N-ethyl adjacent to an activating group) is 1. The number of carbonyl (C=O) groups excluding carboxylic acids is 1. The highest BCUT2D eigenvalue weighted by Crippen LogP contribution is 2.26. The van der Waals surface area contributed by atoms with Crippen molar-refractivity contribution in [3.05, 3.63) is 30.5 Å². The zero-order valence-corrected chi connectivity index (χ0v) is 17.1. The van der Waals surface area contributed by atoms with Crippen LogP contribution in [0.1, 0.15) is 25.7 Å². The average Bonchev–Trinajstić information content (AvgIpc) is 2.95. The van der Waals surface area contributed by atoms with Gasteiger partial charge in [0, 0.05) is 36.9 Å². The molecule has 3 rings (SSSR count). The first-order valence-corrected chi connectivity index (χ1v) is 8.83. The molecule has 1 saturated carbocycles. The highest BCUT2D eigenvalue weighted by Gasteiger charge is 2.25. The molecular formula is C19H30Cl2N4O. The summed E-state index contributed by atoms with van der Waals surface area (Å²) < 4.78 is 2.24. The van der Waals surface area contributed by atoms with Gasteiger partial charge in [-0.25, -0.2) is 0 Å². The molecule has 0 radical (unpaired) electrons. The van der Waals surface area contributed by atoms with Gasteiger partial charge in [0.2, 0.25) is 5.91 Å². The van der Waals surface area contributed by atoms with E-state index < -0.39 is 0 Å². The van der Waals surface area contributed by atoms with Crippen molar-refractivity contribution < 1.29 is 4.79 Å². The molecule has 146 valence electrons. The first-order chi connectivity index (χ1) is 11.5. The van der Waals surface area contributed by atoms with Crippen molar-refractivity contribution in [2.75, 3.05) is 26.0 Å². The Morgan fingerprint density at radius 2 is 2.04 bits per heavy atom. The molecule has 1 aromatic carbocycles. The predicted molar refractivity (Wildman–Crippen MR) is 114 cm³/mol. The van der Waals surface area contributed by atoms with Gasteiger partial charge in [-0.15, -0.1) is 24.8 Å². The molecule has 2 unspecified atom stereocenters. The fraction of sp³-hybridized carbons (Fsp3) is 0.526. The normalized spacial score (nSPS) is 19.7. The van der Waals surface area contributed by atoms with Crippen molar-refractivity contribution in [2.45, 2.75) is 38.3 Å². The van der Waals surface area contributed by atoms with E-state index in [1.165, 1.54) is 5.39 Å². The summed E-state index contributed by atoms with van der Waals surface area (Å²) in [4.78, 5) is 14.7. The number of benzene rings is 1. The molecule has 5 nitrogen and oxygen atoms in total. The molecule has 1 amide bonds. The van der Waals surface area contributed by atoms with Crippen LogP contribution in [0, 0.1) is 5.92 Å². The van der Waals surface area contributed by atoms with E-state index in [1.54, 1.807) is 0 Å². The number of hydrogen-bond donors (Lipinski definition) is 2. The van der Waals surface area contributed by atoms with Crippen LogP contribution in [-0.4, -0.2) is 42.1 Å². The molecule has 1 aliphatic carbocycles. The Morgan fingerprint density at radius 3 is 2.73 bits per heavy atom. The van der Waals surface area contributed by atoms with Crippen LogP contribution in [0.15, 0.2) is 30.5 Å². The van der Waals surface area contributed by atoms with Crippen molar-refractivity contribution in [2.24, 2.45) is 11.7 Å². The first kappa shape index (κ1) is 22.8. The van der Waals surface area contributed by atoms with E-state index in [9.17, 15) is 4.79 Å². The molecule has 26 heavy (non-hydrogen) atoms. The van der Waals surface area contributed by atoms with E-state index in [-0.39, 0.29) is 42.7 Å². The number of halogens is 2. The van der Waals surface area contributed by atoms with Crippen LogP contribution in [-0.2, 0) is 11.3 Å². The molecule has 0 aliphatic heterocycles. The largest absolute Gasteiger partial charge is 0.346 e. The topological polar surface area (TPSA) is 63.3 Å². The van der Waals surface area contributed by atoms with Gasteiger partial charge in [-0.3, -0.25) is 4.79 Å². The summed E-state index contributed by atoms with van der Waals surface area (Å²) in [6.45, 7) is 1.92. The van der Waals surface area contributed by atoms with Crippen LogP contribution in [0.4, 0.5) is 5.69 Å². The Bertz CT molecular complexity index is 717. The van der Waals surface area contributed by atoms with Crippen molar-refractivity contribution in [1.82, 2.24) is 9.47 Å². The third-order valence-corrected chi connectivity index (χ3v) is 4.92. The minimum atomic E-state index is 0. The van der Waals surface area contributed by atoms with E-state index in [4.69, 9.17) is 5.73 Å². The number of hydrogen-bond acceptors (Lipinski definition) is 3. The number of fused-ring (bicyclic) bond motifs is 1. The molecular weight excluding hydrogens is 371 g/mol. The second kappa shape index (κ2) is 10.2. The summed E-state index contributed by atoms with van der Waals surface area (Å²) in [5, 5.41) is 4.29. The fourth-order valence-electron chi connectivity index (χ4n) is 3.47. The summed E-state index contributed by atoms with van der Waals surface area (Å²) in [6, 6.07) is 8.42. The number of nitrogens with two attached hydrogens (primary N) is 1. The smallest absolute Gasteiger partial charge is 0.227 e. The average molecular weight is 401 g/mol. The highest BCUT2D eigenvalue weighted by atomic mass is 35.5. The van der Waals surface area contributed by atoms with Gasteiger partial charge in [0.05, 0.1) is 5.52 Å². The summed E-state index contributed by atoms with van der Waals surface area (Å²) in [5.41, 5.74) is 8.04. The monoisotopic (exact) mass is 400 g/mol. The third kappa shape index (κ3) is 5.61. The van der Waals surface area contributed by atoms with Crippen molar-refractivity contribution in [3.63, 3.8) is 0 Å².